The molecule has 0 spiro atoms. The first-order chi connectivity index (χ1) is 9.61. The highest BCUT2D eigenvalue weighted by atomic mass is 32.2. The van der Waals surface area contributed by atoms with Crippen molar-refractivity contribution in [2.24, 2.45) is 5.73 Å². The highest BCUT2D eigenvalue weighted by molar-refractivity contribution is 7.99. The van der Waals surface area contributed by atoms with Gasteiger partial charge < -0.3 is 10.6 Å². The van der Waals surface area contributed by atoms with Crippen LogP contribution in [-0.4, -0.2) is 41.4 Å². The standard InChI is InChI=1S/C15H17FN2OS/c1-11-10-18(7-8-20-11)15(19)13-9-12(3-2-6-17)4-5-14(13)16/h4-5,9,11H,6-8,10,17H2,1H3. The van der Waals surface area contributed by atoms with E-state index in [2.05, 4.69) is 18.8 Å². The largest absolute Gasteiger partial charge is 0.337 e. The Labute approximate surface area is 122 Å². The summed E-state index contributed by atoms with van der Waals surface area (Å²) in [7, 11) is 0. The summed E-state index contributed by atoms with van der Waals surface area (Å²) in [4.78, 5) is 14.1. The van der Waals surface area contributed by atoms with Crippen molar-refractivity contribution in [1.82, 2.24) is 4.90 Å². The van der Waals surface area contributed by atoms with Crippen LogP contribution in [0.5, 0.6) is 0 Å². The lowest BCUT2D eigenvalue weighted by molar-refractivity contribution is 0.0758. The van der Waals surface area contributed by atoms with Crippen LogP contribution in [0.25, 0.3) is 0 Å². The third kappa shape index (κ3) is 3.53. The SMILES string of the molecule is CC1CN(C(=O)c2cc(C#CCN)ccc2F)CCS1. The summed E-state index contributed by atoms with van der Waals surface area (Å²) in [6.45, 7) is 3.62. The van der Waals surface area contributed by atoms with Crippen molar-refractivity contribution >= 4 is 17.7 Å². The van der Waals surface area contributed by atoms with Gasteiger partial charge in [0.15, 0.2) is 0 Å². The molecule has 1 heterocycles. The molecule has 0 aliphatic carbocycles. The van der Waals surface area contributed by atoms with E-state index in [1.165, 1.54) is 12.1 Å². The first-order valence-corrected chi connectivity index (χ1v) is 7.56. The lowest BCUT2D eigenvalue weighted by atomic mass is 10.1. The zero-order valence-corrected chi connectivity index (χ0v) is 12.2. The van der Waals surface area contributed by atoms with E-state index in [9.17, 15) is 9.18 Å². The highest BCUT2D eigenvalue weighted by Crippen LogP contribution is 2.21. The lowest BCUT2D eigenvalue weighted by Crippen LogP contribution is -2.41. The van der Waals surface area contributed by atoms with E-state index < -0.39 is 5.82 Å². The molecule has 106 valence electrons. The Kier molecular flexibility index (Phi) is 5.05. The van der Waals surface area contributed by atoms with Gasteiger partial charge in [0.05, 0.1) is 12.1 Å². The summed E-state index contributed by atoms with van der Waals surface area (Å²) >= 11 is 1.83. The van der Waals surface area contributed by atoms with Crippen LogP contribution < -0.4 is 5.73 Å². The second kappa shape index (κ2) is 6.78. The zero-order valence-electron chi connectivity index (χ0n) is 11.4. The average Bonchev–Trinajstić information content (AvgIpc) is 2.45. The number of benzene rings is 1. The number of hydrogen-bond donors (Lipinski definition) is 1. The molecule has 0 radical (unpaired) electrons. The van der Waals surface area contributed by atoms with Gasteiger partial charge in [-0.05, 0) is 18.2 Å². The first-order valence-electron chi connectivity index (χ1n) is 6.51. The summed E-state index contributed by atoms with van der Waals surface area (Å²) in [5.41, 5.74) is 6.01. The zero-order chi connectivity index (χ0) is 14.5. The molecule has 1 aliphatic heterocycles. The van der Waals surface area contributed by atoms with Crippen molar-refractivity contribution < 1.29 is 9.18 Å². The van der Waals surface area contributed by atoms with Gasteiger partial charge in [-0.2, -0.15) is 11.8 Å². The molecule has 1 atom stereocenters. The highest BCUT2D eigenvalue weighted by Gasteiger charge is 2.24. The normalized spacial score (nSPS) is 18.4. The molecule has 0 bridgehead atoms. The Morgan fingerprint density at radius 1 is 1.60 bits per heavy atom. The molecule has 1 aromatic carbocycles. The lowest BCUT2D eigenvalue weighted by Gasteiger charge is -2.30. The fourth-order valence-electron chi connectivity index (χ4n) is 2.09. The molecule has 1 unspecified atom stereocenters. The quantitative estimate of drug-likeness (QED) is 0.802. The fourth-order valence-corrected chi connectivity index (χ4v) is 3.11. The molecule has 5 heteroatoms. The Balaban J connectivity index is 2.24. The predicted octanol–water partition coefficient (Wildman–Crippen LogP) is 1.71. The van der Waals surface area contributed by atoms with Crippen LogP contribution in [0.15, 0.2) is 18.2 Å². The number of nitrogens with two attached hydrogens (primary N) is 1. The number of hydrogen-bond acceptors (Lipinski definition) is 3. The van der Waals surface area contributed by atoms with Gasteiger partial charge in [0, 0.05) is 29.7 Å². The minimum atomic E-state index is -0.501. The molecule has 1 fully saturated rings. The Bertz CT molecular complexity index is 565. The van der Waals surface area contributed by atoms with Crippen LogP contribution in [0.4, 0.5) is 4.39 Å². The third-order valence-corrected chi connectivity index (χ3v) is 4.20. The molecule has 0 aromatic heterocycles. The number of nitrogens with zero attached hydrogens (tertiary/aromatic N) is 1. The first kappa shape index (κ1) is 14.9. The second-order valence-electron chi connectivity index (χ2n) is 4.63. The fraction of sp³-hybridized carbons (Fsp3) is 0.400. The summed E-state index contributed by atoms with van der Waals surface area (Å²) in [6, 6.07) is 4.35. The molecule has 1 aliphatic rings. The number of amides is 1. The summed E-state index contributed by atoms with van der Waals surface area (Å²) < 4.78 is 13.9. The van der Waals surface area contributed by atoms with E-state index in [4.69, 9.17) is 5.73 Å². The second-order valence-corrected chi connectivity index (χ2v) is 6.18. The summed E-state index contributed by atoms with van der Waals surface area (Å²) in [5, 5.41) is 0.385. The molecule has 1 amide bonds. The van der Waals surface area contributed by atoms with Crippen molar-refractivity contribution in [3.05, 3.63) is 35.1 Å². The maximum absolute atomic E-state index is 13.9. The van der Waals surface area contributed by atoms with Gasteiger partial charge in [-0.3, -0.25) is 4.79 Å². The molecule has 2 N–H and O–H groups in total. The smallest absolute Gasteiger partial charge is 0.256 e. The van der Waals surface area contributed by atoms with E-state index in [-0.39, 0.29) is 18.0 Å². The molecule has 1 aromatic rings. The monoisotopic (exact) mass is 292 g/mol. The van der Waals surface area contributed by atoms with Gasteiger partial charge in [-0.25, -0.2) is 4.39 Å². The van der Waals surface area contributed by atoms with Crippen molar-refractivity contribution in [3.63, 3.8) is 0 Å². The molecule has 3 nitrogen and oxygen atoms in total. The van der Waals surface area contributed by atoms with Gasteiger partial charge in [0.1, 0.15) is 5.82 Å². The Morgan fingerprint density at radius 2 is 2.40 bits per heavy atom. The average molecular weight is 292 g/mol. The molecule has 20 heavy (non-hydrogen) atoms. The van der Waals surface area contributed by atoms with Crippen LogP contribution in [0.3, 0.4) is 0 Å². The summed E-state index contributed by atoms with van der Waals surface area (Å²) in [5.74, 6) is 5.66. The van der Waals surface area contributed by atoms with Crippen molar-refractivity contribution in [1.29, 1.82) is 0 Å². The van der Waals surface area contributed by atoms with Crippen LogP contribution in [0.2, 0.25) is 0 Å². The van der Waals surface area contributed by atoms with Crippen molar-refractivity contribution in [2.75, 3.05) is 25.4 Å². The van der Waals surface area contributed by atoms with E-state index in [1.807, 2.05) is 11.8 Å². The molecule has 1 saturated heterocycles. The minimum absolute atomic E-state index is 0.0907. The number of carbonyl (C=O) groups is 1. The van der Waals surface area contributed by atoms with Crippen molar-refractivity contribution in [3.8, 4) is 11.8 Å². The molecule has 2 rings (SSSR count). The van der Waals surface area contributed by atoms with E-state index in [0.29, 0.717) is 23.9 Å². The van der Waals surface area contributed by atoms with E-state index in [0.717, 1.165) is 5.75 Å². The van der Waals surface area contributed by atoms with Gasteiger partial charge in [-0.15, -0.1) is 0 Å². The Morgan fingerprint density at radius 3 is 3.10 bits per heavy atom. The van der Waals surface area contributed by atoms with Crippen LogP contribution in [-0.2, 0) is 0 Å². The van der Waals surface area contributed by atoms with E-state index >= 15 is 0 Å². The topological polar surface area (TPSA) is 46.3 Å². The number of rotatable bonds is 1. The van der Waals surface area contributed by atoms with E-state index in [1.54, 1.807) is 11.0 Å². The van der Waals surface area contributed by atoms with Crippen molar-refractivity contribution in [2.45, 2.75) is 12.2 Å². The van der Waals surface area contributed by atoms with Gasteiger partial charge in [0.2, 0.25) is 0 Å². The number of carbonyl (C=O) groups excluding carboxylic acids is 1. The van der Waals surface area contributed by atoms with Gasteiger partial charge >= 0.3 is 0 Å². The number of halogens is 1. The molecular weight excluding hydrogens is 275 g/mol. The maximum Gasteiger partial charge on any atom is 0.256 e. The maximum atomic E-state index is 13.9. The summed E-state index contributed by atoms with van der Waals surface area (Å²) in [6.07, 6.45) is 0. The minimum Gasteiger partial charge on any atom is -0.337 e. The molecule has 0 saturated carbocycles. The molecular formula is C15H17FN2OS. The Hall–Kier alpha value is -1.51. The van der Waals surface area contributed by atoms with Crippen LogP contribution in [0.1, 0.15) is 22.8 Å². The van der Waals surface area contributed by atoms with Gasteiger partial charge in [0.25, 0.3) is 5.91 Å². The third-order valence-electron chi connectivity index (χ3n) is 3.06. The van der Waals surface area contributed by atoms with Gasteiger partial charge in [-0.1, -0.05) is 18.8 Å². The number of thioether (sulfide) groups is 1. The predicted molar refractivity (Wildman–Crippen MR) is 80.2 cm³/mol. The van der Waals surface area contributed by atoms with Crippen LogP contribution >= 0.6 is 11.8 Å². The van der Waals surface area contributed by atoms with Crippen LogP contribution in [0, 0.1) is 17.7 Å².